The molecule has 0 radical (unpaired) electrons. The summed E-state index contributed by atoms with van der Waals surface area (Å²) in [6.07, 6.45) is 0. The first-order valence-corrected chi connectivity index (χ1v) is 13.2. The molecule has 0 aromatic carbocycles. The van der Waals surface area contributed by atoms with Crippen molar-refractivity contribution in [2.75, 3.05) is 0 Å². The third-order valence-electron chi connectivity index (χ3n) is 0.235. The molecule has 32 valence electrons. The predicted octanol–water partition coefficient (Wildman–Crippen LogP) is 0.0252. The molecule has 0 spiro atoms. The van der Waals surface area contributed by atoms with Crippen LogP contribution in [0.2, 0.25) is 11.6 Å². The fourth-order valence-corrected chi connectivity index (χ4v) is 0. The van der Waals surface area contributed by atoms with Gasteiger partial charge in [0.25, 0.3) is 0 Å². The van der Waals surface area contributed by atoms with Gasteiger partial charge >= 0.3 is 48.1 Å². The second-order valence-corrected chi connectivity index (χ2v) is 23.0. The van der Waals surface area contributed by atoms with Crippen molar-refractivity contribution in [3.8, 4) is 0 Å². The Bertz CT molecular complexity index is 40.2. The van der Waals surface area contributed by atoms with Crippen LogP contribution in [-0.2, 0) is 0 Å². The molecule has 0 saturated carbocycles. The molecule has 0 bridgehead atoms. The Hall–Kier alpha value is 1.56. The SMILES string of the molecule is C[Se][Se](C)=[Se]. The summed E-state index contributed by atoms with van der Waals surface area (Å²) >= 11 is 4.09. The van der Waals surface area contributed by atoms with Gasteiger partial charge in [-0.1, -0.05) is 0 Å². The van der Waals surface area contributed by atoms with Crippen LogP contribution in [0.25, 0.3) is 0 Å². The standard InChI is InChI=1S/C2H6Se3/c1-4-5(2)3/h1-2H3. The fraction of sp³-hybridized carbons (Fsp3) is 1.00. The zero-order valence-electron chi connectivity index (χ0n) is 3.22. The Labute approximate surface area is 48.0 Å². The van der Waals surface area contributed by atoms with Crippen molar-refractivity contribution in [3.05, 3.63) is 0 Å². The molecule has 3 heteroatoms. The van der Waals surface area contributed by atoms with Crippen LogP contribution in [-0.4, -0.2) is 36.5 Å². The van der Waals surface area contributed by atoms with Crippen LogP contribution in [0, 0.1) is 0 Å². The molecule has 0 N–H and O–H groups in total. The van der Waals surface area contributed by atoms with E-state index in [1.165, 1.54) is 0 Å². The van der Waals surface area contributed by atoms with Gasteiger partial charge in [-0.25, -0.2) is 0 Å². The quantitative estimate of drug-likeness (QED) is 0.588. The van der Waals surface area contributed by atoms with Crippen molar-refractivity contribution in [1.29, 1.82) is 0 Å². The molecular formula is C2H6Se3. The average molecular weight is 267 g/mol. The first-order valence-electron chi connectivity index (χ1n) is 1.15. The molecule has 0 heterocycles. The van der Waals surface area contributed by atoms with E-state index in [-0.39, 0.29) is 9.72 Å². The second kappa shape index (κ2) is 3.74. The van der Waals surface area contributed by atoms with Crippen LogP contribution < -0.4 is 0 Å². The maximum absolute atomic E-state index is 3.14. The van der Waals surface area contributed by atoms with Crippen molar-refractivity contribution >= 4 is 36.5 Å². The van der Waals surface area contributed by atoms with Crippen LogP contribution in [0.1, 0.15) is 0 Å². The zero-order valence-corrected chi connectivity index (χ0v) is 8.36. The van der Waals surface area contributed by atoms with Gasteiger partial charge < -0.3 is 0 Å². The molecule has 0 aliphatic heterocycles. The van der Waals surface area contributed by atoms with Crippen molar-refractivity contribution in [2.24, 2.45) is 0 Å². The zero-order chi connectivity index (χ0) is 4.28. The Morgan fingerprint density at radius 3 is 2.00 bits per heavy atom. The molecular weight excluding hydrogens is 261 g/mol. The van der Waals surface area contributed by atoms with E-state index >= 15 is 0 Å². The predicted molar refractivity (Wildman–Crippen MR) is 29.0 cm³/mol. The monoisotopic (exact) mass is 270 g/mol. The summed E-state index contributed by atoms with van der Waals surface area (Å²) in [5, 5.41) is 0. The molecule has 0 aromatic heterocycles. The summed E-state index contributed by atoms with van der Waals surface area (Å²) in [5.74, 6) is 4.61. The van der Waals surface area contributed by atoms with Crippen molar-refractivity contribution in [2.45, 2.75) is 11.6 Å². The van der Waals surface area contributed by atoms with Gasteiger partial charge in [0.1, 0.15) is 0 Å². The summed E-state index contributed by atoms with van der Waals surface area (Å²) < 4.78 is 0. The molecule has 0 saturated heterocycles. The van der Waals surface area contributed by atoms with E-state index in [1.54, 1.807) is 0 Å². The van der Waals surface area contributed by atoms with Crippen LogP contribution in [0.4, 0.5) is 0 Å². The number of hydrogen-bond donors (Lipinski definition) is 0. The van der Waals surface area contributed by atoms with E-state index in [4.69, 9.17) is 0 Å². The maximum atomic E-state index is 3.14. The van der Waals surface area contributed by atoms with Gasteiger partial charge in [-0.3, -0.25) is 0 Å². The van der Waals surface area contributed by atoms with Gasteiger partial charge in [-0.05, 0) is 0 Å². The van der Waals surface area contributed by atoms with Crippen LogP contribution >= 0.6 is 0 Å². The van der Waals surface area contributed by atoms with Crippen molar-refractivity contribution in [3.63, 3.8) is 0 Å². The molecule has 0 aliphatic carbocycles. The molecule has 1 unspecified atom stereocenters. The third kappa shape index (κ3) is 5.56. The molecule has 0 aromatic rings. The van der Waals surface area contributed by atoms with E-state index in [2.05, 4.69) is 25.3 Å². The van der Waals surface area contributed by atoms with Gasteiger partial charge in [0.15, 0.2) is 0 Å². The van der Waals surface area contributed by atoms with Crippen LogP contribution in [0.3, 0.4) is 0 Å². The Morgan fingerprint density at radius 1 is 1.80 bits per heavy atom. The summed E-state index contributed by atoms with van der Waals surface area (Å²) in [4.78, 5) is 0. The molecule has 0 nitrogen and oxygen atoms in total. The summed E-state index contributed by atoms with van der Waals surface area (Å²) in [5.41, 5.74) is 0. The molecule has 1 atom stereocenters. The van der Waals surface area contributed by atoms with Crippen molar-refractivity contribution in [1.82, 2.24) is 0 Å². The van der Waals surface area contributed by atoms with E-state index in [1.807, 2.05) is 0 Å². The fourth-order valence-electron chi connectivity index (χ4n) is 0. The first-order chi connectivity index (χ1) is 2.27. The Balaban J connectivity index is 2.85. The van der Waals surface area contributed by atoms with Gasteiger partial charge in [-0.15, -0.1) is 0 Å². The van der Waals surface area contributed by atoms with Gasteiger partial charge in [0.05, 0.1) is 0 Å². The van der Waals surface area contributed by atoms with Crippen LogP contribution in [0.5, 0.6) is 0 Å². The summed E-state index contributed by atoms with van der Waals surface area (Å²) in [6.45, 7) is 0. The van der Waals surface area contributed by atoms with Crippen LogP contribution in [0.15, 0.2) is 0 Å². The first kappa shape index (κ1) is 6.56. The molecule has 0 amide bonds. The Kier molecular flexibility index (Phi) is 4.90. The van der Waals surface area contributed by atoms with E-state index in [0.29, 0.717) is 0 Å². The second-order valence-electron chi connectivity index (χ2n) is 0.568. The number of rotatable bonds is 1. The van der Waals surface area contributed by atoms with E-state index < -0.39 is 0 Å². The van der Waals surface area contributed by atoms with Gasteiger partial charge in [0, 0.05) is 0 Å². The molecule has 5 heavy (non-hydrogen) atoms. The number of hydrogen-bond acceptors (Lipinski definition) is 0. The van der Waals surface area contributed by atoms with Gasteiger partial charge in [0.2, 0.25) is 0 Å². The molecule has 0 rings (SSSR count). The summed E-state index contributed by atoms with van der Waals surface area (Å²) in [7, 11) is -0.109. The topological polar surface area (TPSA) is 0 Å². The third-order valence-corrected chi connectivity index (χ3v) is 14.0. The minimum atomic E-state index is -0.109. The molecule has 0 aliphatic rings. The van der Waals surface area contributed by atoms with E-state index in [9.17, 15) is 0 Å². The molecule has 0 fully saturated rings. The van der Waals surface area contributed by atoms with Gasteiger partial charge in [-0.2, -0.15) is 0 Å². The van der Waals surface area contributed by atoms with E-state index in [0.717, 1.165) is 13.1 Å². The normalized spacial score (nSPS) is 14.8. The average Bonchev–Trinajstić information content (AvgIpc) is 1.38. The minimum absolute atomic E-state index is 0.109. The Morgan fingerprint density at radius 2 is 2.00 bits per heavy atom. The summed E-state index contributed by atoms with van der Waals surface area (Å²) in [6, 6.07) is 0. The van der Waals surface area contributed by atoms with Crippen molar-refractivity contribution < 1.29 is 0 Å².